The Balaban J connectivity index is 1.84. The van der Waals surface area contributed by atoms with Crippen LogP contribution in [0.1, 0.15) is 41.5 Å². The Bertz CT molecular complexity index is 812. The van der Waals surface area contributed by atoms with E-state index in [1.54, 1.807) is 17.1 Å². The molecule has 0 aliphatic heterocycles. The summed E-state index contributed by atoms with van der Waals surface area (Å²) in [6.45, 7) is 3.98. The van der Waals surface area contributed by atoms with Crippen molar-refractivity contribution in [2.45, 2.75) is 26.3 Å². The molecule has 2 aromatic heterocycles. The van der Waals surface area contributed by atoms with Gasteiger partial charge in [0.05, 0.1) is 23.5 Å². The van der Waals surface area contributed by atoms with Gasteiger partial charge in [0.25, 0.3) is 5.91 Å². The van der Waals surface area contributed by atoms with Crippen LogP contribution in [0.4, 0.5) is 0 Å². The van der Waals surface area contributed by atoms with E-state index in [1.807, 2.05) is 62.4 Å². The molecular weight excluding hydrogens is 300 g/mol. The van der Waals surface area contributed by atoms with Gasteiger partial charge in [-0.3, -0.25) is 4.79 Å². The van der Waals surface area contributed by atoms with Crippen LogP contribution in [-0.2, 0) is 6.42 Å². The third-order valence-corrected chi connectivity index (χ3v) is 3.96. The van der Waals surface area contributed by atoms with Crippen molar-refractivity contribution in [3.05, 3.63) is 77.7 Å². The summed E-state index contributed by atoms with van der Waals surface area (Å²) in [6.07, 6.45) is 4.02. The van der Waals surface area contributed by atoms with Crippen LogP contribution >= 0.6 is 0 Å². The molecule has 2 heterocycles. The van der Waals surface area contributed by atoms with Crippen LogP contribution in [0.15, 0.2) is 60.9 Å². The lowest BCUT2D eigenvalue weighted by Crippen LogP contribution is -2.27. The van der Waals surface area contributed by atoms with E-state index in [4.69, 9.17) is 0 Å². The molecule has 1 aromatic carbocycles. The molecule has 3 rings (SSSR count). The van der Waals surface area contributed by atoms with Gasteiger partial charge >= 0.3 is 0 Å². The first kappa shape index (κ1) is 15.9. The second-order valence-electron chi connectivity index (χ2n) is 5.56. The van der Waals surface area contributed by atoms with E-state index in [9.17, 15) is 4.79 Å². The van der Waals surface area contributed by atoms with E-state index in [2.05, 4.69) is 15.4 Å². The van der Waals surface area contributed by atoms with Crippen molar-refractivity contribution in [3.8, 4) is 5.82 Å². The number of rotatable bonds is 5. The third kappa shape index (κ3) is 3.20. The molecule has 0 radical (unpaired) electrons. The van der Waals surface area contributed by atoms with Gasteiger partial charge in [-0.15, -0.1) is 0 Å². The summed E-state index contributed by atoms with van der Waals surface area (Å²) < 4.78 is 1.72. The van der Waals surface area contributed by atoms with Gasteiger partial charge in [0.2, 0.25) is 0 Å². The second kappa shape index (κ2) is 7.08. The van der Waals surface area contributed by atoms with Crippen molar-refractivity contribution < 1.29 is 4.79 Å². The number of aromatic nitrogens is 3. The van der Waals surface area contributed by atoms with Gasteiger partial charge in [0.1, 0.15) is 0 Å². The van der Waals surface area contributed by atoms with Gasteiger partial charge in [0.15, 0.2) is 5.82 Å². The van der Waals surface area contributed by atoms with Crippen molar-refractivity contribution in [1.29, 1.82) is 0 Å². The summed E-state index contributed by atoms with van der Waals surface area (Å²) in [4.78, 5) is 17.0. The minimum Gasteiger partial charge on any atom is -0.345 e. The Kier molecular flexibility index (Phi) is 4.70. The van der Waals surface area contributed by atoms with Gasteiger partial charge < -0.3 is 5.32 Å². The maximum absolute atomic E-state index is 12.7. The molecule has 24 heavy (non-hydrogen) atoms. The number of nitrogens with one attached hydrogen (secondary N) is 1. The van der Waals surface area contributed by atoms with E-state index >= 15 is 0 Å². The lowest BCUT2D eigenvalue weighted by Gasteiger charge is -2.14. The third-order valence-electron chi connectivity index (χ3n) is 3.96. The molecule has 0 fully saturated rings. The smallest absolute Gasteiger partial charge is 0.255 e. The molecule has 1 amide bonds. The molecule has 1 atom stereocenters. The highest BCUT2D eigenvalue weighted by atomic mass is 16.1. The van der Waals surface area contributed by atoms with Crippen molar-refractivity contribution in [2.75, 3.05) is 0 Å². The average molecular weight is 320 g/mol. The lowest BCUT2D eigenvalue weighted by atomic mass is 10.1. The number of benzene rings is 1. The van der Waals surface area contributed by atoms with Gasteiger partial charge in [-0.25, -0.2) is 9.67 Å². The summed E-state index contributed by atoms with van der Waals surface area (Å²) in [5.74, 6) is 0.592. The SMILES string of the molecule is CCc1c(C(=O)N[C@@H](C)c2ccccc2)cnn1-c1ccccn1. The van der Waals surface area contributed by atoms with Crippen LogP contribution < -0.4 is 5.32 Å². The summed E-state index contributed by atoms with van der Waals surface area (Å²) in [6, 6.07) is 15.5. The number of carbonyl (C=O) groups excluding carboxylic acids is 1. The fraction of sp³-hybridized carbons (Fsp3) is 0.211. The Morgan fingerprint density at radius 3 is 2.58 bits per heavy atom. The second-order valence-corrected chi connectivity index (χ2v) is 5.56. The molecule has 0 unspecified atom stereocenters. The van der Waals surface area contributed by atoms with Gasteiger partial charge in [-0.2, -0.15) is 5.10 Å². The molecule has 0 bridgehead atoms. The summed E-state index contributed by atoms with van der Waals surface area (Å²) in [5, 5.41) is 7.39. The lowest BCUT2D eigenvalue weighted by molar-refractivity contribution is 0.0939. The quantitative estimate of drug-likeness (QED) is 0.784. The number of pyridine rings is 1. The fourth-order valence-electron chi connectivity index (χ4n) is 2.68. The van der Waals surface area contributed by atoms with Crippen LogP contribution in [0.2, 0.25) is 0 Å². The molecule has 1 N–H and O–H groups in total. The van der Waals surface area contributed by atoms with Crippen LogP contribution in [-0.4, -0.2) is 20.7 Å². The molecule has 5 nitrogen and oxygen atoms in total. The predicted molar refractivity (Wildman–Crippen MR) is 93.1 cm³/mol. The number of nitrogens with zero attached hydrogens (tertiary/aromatic N) is 3. The Hall–Kier alpha value is -2.95. The van der Waals surface area contributed by atoms with Crippen LogP contribution in [0.25, 0.3) is 5.82 Å². The zero-order chi connectivity index (χ0) is 16.9. The van der Waals surface area contributed by atoms with Crippen LogP contribution in [0, 0.1) is 0 Å². The standard InChI is InChI=1S/C19H20N4O/c1-3-17-16(13-21-23(17)18-11-7-8-12-20-18)19(24)22-14(2)15-9-5-4-6-10-15/h4-14H,3H2,1-2H3,(H,22,24)/t14-/m0/s1. The van der Waals surface area contributed by atoms with E-state index < -0.39 is 0 Å². The molecular formula is C19H20N4O. The van der Waals surface area contributed by atoms with E-state index in [1.165, 1.54) is 0 Å². The van der Waals surface area contributed by atoms with E-state index in [-0.39, 0.29) is 11.9 Å². The van der Waals surface area contributed by atoms with Crippen LogP contribution in [0.5, 0.6) is 0 Å². The largest absolute Gasteiger partial charge is 0.345 e. The number of amides is 1. The highest BCUT2D eigenvalue weighted by molar-refractivity contribution is 5.95. The first-order valence-corrected chi connectivity index (χ1v) is 8.04. The number of hydrogen-bond acceptors (Lipinski definition) is 3. The monoisotopic (exact) mass is 320 g/mol. The van der Waals surface area contributed by atoms with Gasteiger partial charge in [0, 0.05) is 6.20 Å². The zero-order valence-electron chi connectivity index (χ0n) is 13.8. The molecule has 0 saturated heterocycles. The van der Waals surface area contributed by atoms with E-state index in [0.29, 0.717) is 17.8 Å². The minimum absolute atomic E-state index is 0.0680. The van der Waals surface area contributed by atoms with Gasteiger partial charge in [-0.05, 0) is 31.0 Å². The highest BCUT2D eigenvalue weighted by Crippen LogP contribution is 2.17. The predicted octanol–water partition coefficient (Wildman–Crippen LogP) is 3.32. The maximum Gasteiger partial charge on any atom is 0.255 e. The Morgan fingerprint density at radius 1 is 1.17 bits per heavy atom. The van der Waals surface area contributed by atoms with Gasteiger partial charge in [-0.1, -0.05) is 43.3 Å². The molecule has 122 valence electrons. The highest BCUT2D eigenvalue weighted by Gasteiger charge is 2.19. The van der Waals surface area contributed by atoms with Crippen molar-refractivity contribution in [2.24, 2.45) is 0 Å². The maximum atomic E-state index is 12.7. The van der Waals surface area contributed by atoms with Crippen molar-refractivity contribution in [3.63, 3.8) is 0 Å². The normalized spacial score (nSPS) is 11.9. The number of hydrogen-bond donors (Lipinski definition) is 1. The Morgan fingerprint density at radius 2 is 1.92 bits per heavy atom. The summed E-state index contributed by atoms with van der Waals surface area (Å²) in [7, 11) is 0. The van der Waals surface area contributed by atoms with E-state index in [0.717, 1.165) is 11.3 Å². The zero-order valence-corrected chi connectivity index (χ0v) is 13.8. The molecule has 0 aliphatic carbocycles. The molecule has 0 spiro atoms. The fourth-order valence-corrected chi connectivity index (χ4v) is 2.68. The average Bonchev–Trinajstić information content (AvgIpc) is 3.07. The summed E-state index contributed by atoms with van der Waals surface area (Å²) >= 11 is 0. The molecule has 3 aromatic rings. The first-order chi connectivity index (χ1) is 11.7. The van der Waals surface area contributed by atoms with Crippen molar-refractivity contribution in [1.82, 2.24) is 20.1 Å². The molecule has 0 saturated carbocycles. The topological polar surface area (TPSA) is 59.8 Å². The molecule has 0 aliphatic rings. The summed E-state index contributed by atoms with van der Waals surface area (Å²) in [5.41, 5.74) is 2.51. The first-order valence-electron chi connectivity index (χ1n) is 8.04. The minimum atomic E-state index is -0.120. The molecule has 5 heteroatoms. The number of carbonyl (C=O) groups is 1. The Labute approximate surface area is 141 Å². The van der Waals surface area contributed by atoms with Crippen molar-refractivity contribution >= 4 is 5.91 Å². The van der Waals surface area contributed by atoms with Crippen LogP contribution in [0.3, 0.4) is 0 Å².